The Morgan fingerprint density at radius 3 is 2.90 bits per heavy atom. The van der Waals surface area contributed by atoms with E-state index in [1.807, 2.05) is 25.1 Å². The molecule has 0 spiro atoms. The minimum absolute atomic E-state index is 0.0201. The van der Waals surface area contributed by atoms with Crippen molar-refractivity contribution in [3.63, 3.8) is 0 Å². The number of aromatic nitrogens is 2. The molecule has 0 atom stereocenters. The third-order valence-electron chi connectivity index (χ3n) is 2.69. The molecule has 0 bridgehead atoms. The number of rotatable bonds is 4. The summed E-state index contributed by atoms with van der Waals surface area (Å²) in [6.45, 7) is 2.00. The summed E-state index contributed by atoms with van der Waals surface area (Å²) in [4.78, 5) is 17.9. The van der Waals surface area contributed by atoms with Crippen molar-refractivity contribution >= 4 is 39.1 Å². The van der Waals surface area contributed by atoms with E-state index in [2.05, 4.69) is 31.2 Å². The van der Waals surface area contributed by atoms with Crippen LogP contribution >= 0.6 is 15.9 Å². The Labute approximate surface area is 123 Å². The van der Waals surface area contributed by atoms with Crippen LogP contribution in [0.1, 0.15) is 12.5 Å². The molecule has 104 valence electrons. The monoisotopic (exact) mass is 337 g/mol. The smallest absolute Gasteiger partial charge is 0.329 e. The summed E-state index contributed by atoms with van der Waals surface area (Å²) in [6.07, 6.45) is 1.87. The normalized spacial score (nSPS) is 10.3. The Bertz CT molecular complexity index is 662. The largest absolute Gasteiger partial charge is 0.368 e. The Kier molecular flexibility index (Phi) is 4.14. The molecule has 2 aromatic rings. The highest BCUT2D eigenvalue weighted by molar-refractivity contribution is 9.10. The maximum Gasteiger partial charge on any atom is 0.329 e. The fourth-order valence-electron chi connectivity index (χ4n) is 1.72. The second-order valence-electron chi connectivity index (χ2n) is 4.00. The van der Waals surface area contributed by atoms with Crippen LogP contribution in [0.5, 0.6) is 0 Å². The Morgan fingerprint density at radius 2 is 2.25 bits per heavy atom. The van der Waals surface area contributed by atoms with Gasteiger partial charge in [-0.15, -0.1) is 0 Å². The van der Waals surface area contributed by atoms with Crippen LogP contribution < -0.4 is 11.1 Å². The van der Waals surface area contributed by atoms with E-state index < -0.39 is 4.92 Å². The summed E-state index contributed by atoms with van der Waals surface area (Å²) in [6, 6.07) is 5.61. The van der Waals surface area contributed by atoms with E-state index >= 15 is 0 Å². The number of nitrogens with one attached hydrogen (secondary N) is 1. The van der Waals surface area contributed by atoms with E-state index in [4.69, 9.17) is 5.73 Å². The molecule has 7 nitrogen and oxygen atoms in total. The number of anilines is 3. The molecule has 8 heteroatoms. The lowest BCUT2D eigenvalue weighted by Crippen LogP contribution is -2.05. The van der Waals surface area contributed by atoms with Gasteiger partial charge in [-0.2, -0.15) is 4.98 Å². The number of nitrogen functional groups attached to an aromatic ring is 1. The maximum atomic E-state index is 11.0. The van der Waals surface area contributed by atoms with Gasteiger partial charge >= 0.3 is 5.69 Å². The van der Waals surface area contributed by atoms with Crippen molar-refractivity contribution in [3.05, 3.63) is 44.5 Å². The number of aryl methyl sites for hydroxylation is 1. The molecule has 0 aliphatic carbocycles. The summed E-state index contributed by atoms with van der Waals surface area (Å²) < 4.78 is 0.941. The van der Waals surface area contributed by atoms with Crippen LogP contribution in [0.15, 0.2) is 28.9 Å². The second-order valence-corrected chi connectivity index (χ2v) is 4.91. The maximum absolute atomic E-state index is 11.0. The van der Waals surface area contributed by atoms with Gasteiger partial charge < -0.3 is 11.1 Å². The van der Waals surface area contributed by atoms with Gasteiger partial charge in [0.15, 0.2) is 0 Å². The van der Waals surface area contributed by atoms with Gasteiger partial charge in [-0.3, -0.25) is 10.1 Å². The molecule has 0 saturated heterocycles. The molecule has 0 saturated carbocycles. The third kappa shape index (κ3) is 3.02. The first-order valence-corrected chi connectivity index (χ1v) is 6.63. The van der Waals surface area contributed by atoms with Crippen molar-refractivity contribution in [1.29, 1.82) is 0 Å². The average Bonchev–Trinajstić information content (AvgIpc) is 2.40. The first-order valence-electron chi connectivity index (χ1n) is 5.83. The Balaban J connectivity index is 2.44. The van der Waals surface area contributed by atoms with Gasteiger partial charge in [-0.1, -0.05) is 22.9 Å². The minimum atomic E-state index is -0.549. The number of hydrogen-bond donors (Lipinski definition) is 2. The van der Waals surface area contributed by atoms with Crippen LogP contribution in [0, 0.1) is 10.1 Å². The molecule has 0 fully saturated rings. The zero-order valence-electron chi connectivity index (χ0n) is 10.6. The fraction of sp³-hybridized carbons (Fsp3) is 0.167. The van der Waals surface area contributed by atoms with Crippen molar-refractivity contribution in [1.82, 2.24) is 9.97 Å². The van der Waals surface area contributed by atoms with Crippen LogP contribution in [-0.4, -0.2) is 14.9 Å². The van der Waals surface area contributed by atoms with E-state index in [-0.39, 0.29) is 17.5 Å². The molecule has 0 unspecified atom stereocenters. The van der Waals surface area contributed by atoms with E-state index in [1.54, 1.807) is 0 Å². The van der Waals surface area contributed by atoms with Gasteiger partial charge in [0, 0.05) is 10.2 Å². The highest BCUT2D eigenvalue weighted by atomic mass is 79.9. The quantitative estimate of drug-likeness (QED) is 0.655. The Morgan fingerprint density at radius 1 is 1.50 bits per heavy atom. The molecular formula is C12H12BrN5O2. The standard InChI is InChI=1S/C12H12BrN5O2/c1-2-7-5-8(13)3-4-9(7)16-11-10(18(19)20)6-15-12(14)17-11/h3-6H,2H2,1H3,(H3,14,15,16,17). The van der Waals surface area contributed by atoms with Crippen LogP contribution in [-0.2, 0) is 6.42 Å². The van der Waals surface area contributed by atoms with Gasteiger partial charge in [0.25, 0.3) is 0 Å². The number of nitrogens with two attached hydrogens (primary N) is 1. The average molecular weight is 338 g/mol. The van der Waals surface area contributed by atoms with E-state index in [0.717, 1.165) is 28.3 Å². The summed E-state index contributed by atoms with van der Waals surface area (Å²) >= 11 is 3.39. The lowest BCUT2D eigenvalue weighted by Gasteiger charge is -2.11. The third-order valence-corrected chi connectivity index (χ3v) is 3.18. The van der Waals surface area contributed by atoms with Crippen molar-refractivity contribution in [3.8, 4) is 0 Å². The van der Waals surface area contributed by atoms with Gasteiger partial charge in [-0.25, -0.2) is 4.98 Å². The fourth-order valence-corrected chi connectivity index (χ4v) is 2.13. The topological polar surface area (TPSA) is 107 Å². The number of halogens is 1. The highest BCUT2D eigenvalue weighted by Gasteiger charge is 2.17. The van der Waals surface area contributed by atoms with E-state index in [1.165, 1.54) is 0 Å². The summed E-state index contributed by atoms with van der Waals surface area (Å²) in [7, 11) is 0. The predicted octanol–water partition coefficient (Wildman–Crippen LogP) is 3.04. The molecule has 0 aliphatic heterocycles. The second kappa shape index (κ2) is 5.83. The minimum Gasteiger partial charge on any atom is -0.368 e. The van der Waals surface area contributed by atoms with Crippen molar-refractivity contribution in [2.45, 2.75) is 13.3 Å². The number of nitro groups is 1. The zero-order valence-corrected chi connectivity index (χ0v) is 12.2. The first-order chi connectivity index (χ1) is 9.51. The molecule has 3 N–H and O–H groups in total. The zero-order chi connectivity index (χ0) is 14.7. The van der Waals surface area contributed by atoms with Crippen molar-refractivity contribution in [2.24, 2.45) is 0 Å². The van der Waals surface area contributed by atoms with Crippen molar-refractivity contribution in [2.75, 3.05) is 11.1 Å². The predicted molar refractivity (Wildman–Crippen MR) is 79.9 cm³/mol. The molecule has 20 heavy (non-hydrogen) atoms. The first kappa shape index (κ1) is 14.2. The lowest BCUT2D eigenvalue weighted by molar-refractivity contribution is -0.384. The summed E-state index contributed by atoms with van der Waals surface area (Å²) in [5.41, 5.74) is 7.02. The molecular weight excluding hydrogens is 326 g/mol. The molecule has 1 aromatic carbocycles. The number of nitrogens with zero attached hydrogens (tertiary/aromatic N) is 3. The van der Waals surface area contributed by atoms with Gasteiger partial charge in [-0.05, 0) is 30.2 Å². The van der Waals surface area contributed by atoms with Crippen LogP contribution in [0.25, 0.3) is 0 Å². The van der Waals surface area contributed by atoms with Gasteiger partial charge in [0.1, 0.15) is 6.20 Å². The molecule has 1 aromatic heterocycles. The van der Waals surface area contributed by atoms with Crippen LogP contribution in [0.4, 0.5) is 23.1 Å². The van der Waals surface area contributed by atoms with Crippen LogP contribution in [0.3, 0.4) is 0 Å². The molecule has 0 amide bonds. The summed E-state index contributed by atoms with van der Waals surface area (Å²) in [5, 5.41) is 13.9. The highest BCUT2D eigenvalue weighted by Crippen LogP contribution is 2.28. The Hall–Kier alpha value is -2.22. The van der Waals surface area contributed by atoms with Crippen LogP contribution in [0.2, 0.25) is 0 Å². The molecule has 2 rings (SSSR count). The molecule has 0 aliphatic rings. The molecule has 0 radical (unpaired) electrons. The van der Waals surface area contributed by atoms with Crippen molar-refractivity contribution < 1.29 is 4.92 Å². The SMILES string of the molecule is CCc1cc(Br)ccc1Nc1nc(N)ncc1[N+](=O)[O-]. The lowest BCUT2D eigenvalue weighted by atomic mass is 10.1. The number of hydrogen-bond acceptors (Lipinski definition) is 6. The van der Waals surface area contributed by atoms with E-state index in [9.17, 15) is 10.1 Å². The number of benzene rings is 1. The van der Waals surface area contributed by atoms with E-state index in [0.29, 0.717) is 0 Å². The summed E-state index contributed by atoms with van der Waals surface area (Å²) in [5.74, 6) is 0.0628. The van der Waals surface area contributed by atoms with Gasteiger partial charge in [0.2, 0.25) is 11.8 Å². The molecule has 1 heterocycles. The van der Waals surface area contributed by atoms with Gasteiger partial charge in [0.05, 0.1) is 4.92 Å².